The first-order valence-electron chi connectivity index (χ1n) is 3.89. The van der Waals surface area contributed by atoms with E-state index in [9.17, 15) is 0 Å². The van der Waals surface area contributed by atoms with Crippen LogP contribution in [-0.4, -0.2) is 12.4 Å². The topological polar surface area (TPSA) is 11.3 Å². The van der Waals surface area contributed by atoms with Gasteiger partial charge >= 0.3 is 5.78 Å². The van der Waals surface area contributed by atoms with Gasteiger partial charge in [-0.2, -0.15) is 0 Å². The van der Waals surface area contributed by atoms with Crippen LogP contribution in [0.4, 0.5) is 0 Å². The first kappa shape index (κ1) is 7.99. The molecule has 0 heterocycles. The highest BCUT2D eigenvalue weighted by Gasteiger charge is 2.04. The molecule has 0 N–H and O–H groups in total. The molecule has 0 fully saturated rings. The van der Waals surface area contributed by atoms with E-state index in [2.05, 4.69) is 6.08 Å². The molecule has 0 aromatic rings. The Hall–Kier alpha value is -1.11. The molecule has 1 aliphatic carbocycles. The summed E-state index contributed by atoms with van der Waals surface area (Å²) in [5.74, 6) is 0.943. The SMILES string of the molecule is CC=C1C=CC(=[O+]CC)C=C1. The van der Waals surface area contributed by atoms with Gasteiger partial charge in [0.15, 0.2) is 0 Å². The van der Waals surface area contributed by atoms with Crippen LogP contribution in [0.1, 0.15) is 13.8 Å². The maximum Gasteiger partial charge on any atom is 0.343 e. The van der Waals surface area contributed by atoms with Crippen LogP contribution >= 0.6 is 0 Å². The highest BCUT2D eigenvalue weighted by molar-refractivity contribution is 6.01. The van der Waals surface area contributed by atoms with Crippen LogP contribution in [0, 0.1) is 0 Å². The molecule has 1 nitrogen and oxygen atoms in total. The molecule has 0 aliphatic heterocycles. The first-order chi connectivity index (χ1) is 5.36. The first-order valence-corrected chi connectivity index (χ1v) is 3.89. The normalized spacial score (nSPS) is 15.5. The average Bonchev–Trinajstić information content (AvgIpc) is 2.07. The molecular formula is C10H13O+. The van der Waals surface area contributed by atoms with Crippen LogP contribution in [0.5, 0.6) is 0 Å². The van der Waals surface area contributed by atoms with Gasteiger partial charge in [-0.25, -0.2) is 0 Å². The Labute approximate surface area is 67.4 Å². The lowest BCUT2D eigenvalue weighted by Crippen LogP contribution is -1.97. The lowest BCUT2D eigenvalue weighted by atomic mass is 10.1. The Balaban J connectivity index is 2.72. The van der Waals surface area contributed by atoms with Crippen molar-refractivity contribution in [1.82, 2.24) is 0 Å². The molecule has 0 atom stereocenters. The summed E-state index contributed by atoms with van der Waals surface area (Å²) in [6, 6.07) is 0. The summed E-state index contributed by atoms with van der Waals surface area (Å²) in [6.45, 7) is 4.74. The monoisotopic (exact) mass is 149 g/mol. The Morgan fingerprint density at radius 3 is 2.36 bits per heavy atom. The summed E-state index contributed by atoms with van der Waals surface area (Å²) in [6.07, 6.45) is 10.1. The summed E-state index contributed by atoms with van der Waals surface area (Å²) in [5.41, 5.74) is 1.23. The predicted molar refractivity (Wildman–Crippen MR) is 47.6 cm³/mol. The molecule has 0 bridgehead atoms. The quantitative estimate of drug-likeness (QED) is 0.506. The van der Waals surface area contributed by atoms with Gasteiger partial charge in [-0.05, 0) is 24.6 Å². The van der Waals surface area contributed by atoms with Gasteiger partial charge in [-0.3, -0.25) is 4.42 Å². The zero-order chi connectivity index (χ0) is 8.10. The van der Waals surface area contributed by atoms with Gasteiger partial charge in [-0.15, -0.1) is 0 Å². The molecule has 0 saturated carbocycles. The lowest BCUT2D eigenvalue weighted by Gasteiger charge is -1.93. The van der Waals surface area contributed by atoms with Crippen LogP contribution < -0.4 is 0 Å². The van der Waals surface area contributed by atoms with Crippen LogP contribution in [0.25, 0.3) is 0 Å². The number of rotatable bonds is 1. The third kappa shape index (κ3) is 2.19. The number of hydrogen-bond donors (Lipinski definition) is 0. The van der Waals surface area contributed by atoms with Gasteiger partial charge in [0.25, 0.3) is 6.61 Å². The van der Waals surface area contributed by atoms with Crippen molar-refractivity contribution >= 4 is 5.78 Å². The summed E-state index contributed by atoms with van der Waals surface area (Å²) < 4.78 is 5.29. The van der Waals surface area contributed by atoms with E-state index in [1.807, 2.05) is 38.2 Å². The molecule has 0 radical (unpaired) electrons. The fourth-order valence-corrected chi connectivity index (χ4v) is 0.923. The Morgan fingerprint density at radius 2 is 1.91 bits per heavy atom. The molecule has 11 heavy (non-hydrogen) atoms. The minimum Gasteiger partial charge on any atom is -0.255 e. The van der Waals surface area contributed by atoms with E-state index in [1.54, 1.807) is 0 Å². The van der Waals surface area contributed by atoms with Crippen molar-refractivity contribution in [3.05, 3.63) is 36.0 Å². The zero-order valence-electron chi connectivity index (χ0n) is 7.00. The lowest BCUT2D eigenvalue weighted by molar-refractivity contribution is -0.450. The van der Waals surface area contributed by atoms with E-state index in [4.69, 9.17) is 4.42 Å². The van der Waals surface area contributed by atoms with Crippen LogP contribution in [0.3, 0.4) is 0 Å². The second kappa shape index (κ2) is 3.91. The Morgan fingerprint density at radius 1 is 1.27 bits per heavy atom. The van der Waals surface area contributed by atoms with Crippen LogP contribution in [0.2, 0.25) is 0 Å². The van der Waals surface area contributed by atoms with Crippen molar-refractivity contribution in [2.75, 3.05) is 6.61 Å². The summed E-state index contributed by atoms with van der Waals surface area (Å²) in [4.78, 5) is 0. The van der Waals surface area contributed by atoms with E-state index < -0.39 is 0 Å². The number of carbonyl (C=O) groups excluding carboxylic acids is 1. The highest BCUT2D eigenvalue weighted by atomic mass is 16.4. The van der Waals surface area contributed by atoms with Crippen molar-refractivity contribution < 1.29 is 4.42 Å². The van der Waals surface area contributed by atoms with Gasteiger partial charge < -0.3 is 0 Å². The van der Waals surface area contributed by atoms with E-state index in [-0.39, 0.29) is 0 Å². The smallest absolute Gasteiger partial charge is 0.255 e. The van der Waals surface area contributed by atoms with E-state index >= 15 is 0 Å². The fraction of sp³-hybridized carbons (Fsp3) is 0.300. The molecule has 0 saturated heterocycles. The molecule has 58 valence electrons. The van der Waals surface area contributed by atoms with Crippen LogP contribution in [-0.2, 0) is 4.42 Å². The predicted octanol–water partition coefficient (Wildman–Crippen LogP) is 2.18. The van der Waals surface area contributed by atoms with E-state index in [0.29, 0.717) is 0 Å². The molecule has 1 aliphatic rings. The van der Waals surface area contributed by atoms with Crippen molar-refractivity contribution in [3.8, 4) is 0 Å². The number of ketones is 1. The molecule has 0 aromatic heterocycles. The maximum absolute atomic E-state index is 5.29. The second-order valence-corrected chi connectivity index (χ2v) is 2.29. The Kier molecular flexibility index (Phi) is 2.84. The van der Waals surface area contributed by atoms with E-state index in [0.717, 1.165) is 12.4 Å². The van der Waals surface area contributed by atoms with Crippen LogP contribution in [0.15, 0.2) is 36.0 Å². The molecule has 0 unspecified atom stereocenters. The van der Waals surface area contributed by atoms with Crippen molar-refractivity contribution in [2.45, 2.75) is 13.8 Å². The zero-order valence-corrected chi connectivity index (χ0v) is 7.00. The van der Waals surface area contributed by atoms with Crippen molar-refractivity contribution in [1.29, 1.82) is 0 Å². The maximum atomic E-state index is 5.29. The molecular weight excluding hydrogens is 136 g/mol. The average molecular weight is 149 g/mol. The second-order valence-electron chi connectivity index (χ2n) is 2.29. The highest BCUT2D eigenvalue weighted by Crippen LogP contribution is 2.04. The van der Waals surface area contributed by atoms with Gasteiger partial charge in [0.05, 0.1) is 0 Å². The third-order valence-corrected chi connectivity index (χ3v) is 1.52. The van der Waals surface area contributed by atoms with Gasteiger partial charge in [0, 0.05) is 19.1 Å². The Bertz CT molecular complexity index is 224. The summed E-state index contributed by atoms with van der Waals surface area (Å²) in [5, 5.41) is 0. The molecule has 1 rings (SSSR count). The summed E-state index contributed by atoms with van der Waals surface area (Å²) >= 11 is 0. The minimum atomic E-state index is 0.731. The van der Waals surface area contributed by atoms with E-state index in [1.165, 1.54) is 5.57 Å². The molecule has 0 spiro atoms. The third-order valence-electron chi connectivity index (χ3n) is 1.52. The number of allylic oxidation sites excluding steroid dienone is 6. The molecule has 0 aromatic carbocycles. The largest absolute Gasteiger partial charge is 0.343 e. The minimum absolute atomic E-state index is 0.731. The van der Waals surface area contributed by atoms with Crippen molar-refractivity contribution in [3.63, 3.8) is 0 Å². The number of hydrogen-bond acceptors (Lipinski definition) is 0. The standard InChI is InChI=1S/C10H13O/c1-3-9-5-7-10(8-6-9)11-4-2/h3,5-8H,4H2,1-2H3/q+1. The molecule has 1 heteroatoms. The van der Waals surface area contributed by atoms with Gasteiger partial charge in [0.2, 0.25) is 0 Å². The van der Waals surface area contributed by atoms with Gasteiger partial charge in [0.1, 0.15) is 0 Å². The van der Waals surface area contributed by atoms with Gasteiger partial charge in [-0.1, -0.05) is 6.08 Å². The molecule has 0 amide bonds. The fourth-order valence-electron chi connectivity index (χ4n) is 0.923. The summed E-state index contributed by atoms with van der Waals surface area (Å²) in [7, 11) is 0. The van der Waals surface area contributed by atoms with Crippen molar-refractivity contribution in [2.24, 2.45) is 0 Å².